The number of nitrogens with one attached hydrogen (secondary N) is 1. The minimum Gasteiger partial charge on any atom is -0.469 e. The van der Waals surface area contributed by atoms with Crippen LogP contribution >= 0.6 is 15.9 Å². The maximum Gasteiger partial charge on any atom is 0.255 e. The lowest BCUT2D eigenvalue weighted by Crippen LogP contribution is -2.27. The zero-order chi connectivity index (χ0) is 13.1. The third-order valence-electron chi connectivity index (χ3n) is 2.82. The molecule has 1 aromatic carbocycles. The Bertz CT molecular complexity index is 562. The molecule has 1 aromatic heterocycles. The lowest BCUT2D eigenvalue weighted by Gasteiger charge is -2.15. The average Bonchev–Trinajstić information content (AvgIpc) is 2.76. The average molecular weight is 308 g/mol. The van der Waals surface area contributed by atoms with Crippen LogP contribution in [0.2, 0.25) is 0 Å². The van der Waals surface area contributed by atoms with E-state index in [1.165, 1.54) is 6.26 Å². The highest BCUT2D eigenvalue weighted by Crippen LogP contribution is 2.23. The predicted molar refractivity (Wildman–Crippen MR) is 73.5 cm³/mol. The molecule has 0 saturated heterocycles. The van der Waals surface area contributed by atoms with Crippen molar-refractivity contribution in [1.82, 2.24) is 5.32 Å². The molecule has 2 aromatic rings. The lowest BCUT2D eigenvalue weighted by atomic mass is 10.1. The predicted octanol–water partition coefficient (Wildman–Crippen LogP) is 3.84. The molecule has 0 unspecified atom stereocenters. The van der Waals surface area contributed by atoms with Gasteiger partial charge in [-0.05, 0) is 31.5 Å². The molecular formula is C14H14BrNO2. The highest BCUT2D eigenvalue weighted by molar-refractivity contribution is 9.10. The summed E-state index contributed by atoms with van der Waals surface area (Å²) >= 11 is 3.48. The molecule has 4 heteroatoms. The van der Waals surface area contributed by atoms with E-state index in [0.717, 1.165) is 10.0 Å². The smallest absolute Gasteiger partial charge is 0.255 e. The quantitative estimate of drug-likeness (QED) is 0.936. The molecule has 1 heterocycles. The largest absolute Gasteiger partial charge is 0.469 e. The number of benzene rings is 1. The molecule has 0 radical (unpaired) electrons. The van der Waals surface area contributed by atoms with E-state index in [-0.39, 0.29) is 11.9 Å². The third-order valence-corrected chi connectivity index (χ3v) is 3.54. The lowest BCUT2D eigenvalue weighted by molar-refractivity contribution is 0.0938. The summed E-state index contributed by atoms with van der Waals surface area (Å²) in [6.07, 6.45) is 1.52. The summed E-state index contributed by atoms with van der Waals surface area (Å²) in [7, 11) is 0. The van der Waals surface area contributed by atoms with E-state index in [1.54, 1.807) is 13.0 Å². The monoisotopic (exact) mass is 307 g/mol. The topological polar surface area (TPSA) is 42.2 Å². The van der Waals surface area contributed by atoms with E-state index in [1.807, 2.05) is 31.2 Å². The van der Waals surface area contributed by atoms with Crippen LogP contribution < -0.4 is 5.32 Å². The molecule has 0 aliphatic rings. The number of carbonyl (C=O) groups excluding carboxylic acids is 1. The van der Waals surface area contributed by atoms with Gasteiger partial charge in [-0.15, -0.1) is 0 Å². The Morgan fingerprint density at radius 2 is 2.06 bits per heavy atom. The maximum absolute atomic E-state index is 12.0. The van der Waals surface area contributed by atoms with Gasteiger partial charge in [0.25, 0.3) is 5.91 Å². The van der Waals surface area contributed by atoms with Gasteiger partial charge in [-0.25, -0.2) is 0 Å². The van der Waals surface area contributed by atoms with Gasteiger partial charge in [0, 0.05) is 4.47 Å². The number of amides is 1. The van der Waals surface area contributed by atoms with E-state index < -0.39 is 0 Å². The molecule has 2 rings (SSSR count). The number of halogens is 1. The van der Waals surface area contributed by atoms with Gasteiger partial charge in [0.15, 0.2) is 0 Å². The van der Waals surface area contributed by atoms with Crippen LogP contribution in [0.3, 0.4) is 0 Å². The Balaban J connectivity index is 2.13. The van der Waals surface area contributed by atoms with Gasteiger partial charge in [0.1, 0.15) is 5.76 Å². The summed E-state index contributed by atoms with van der Waals surface area (Å²) in [6.45, 7) is 3.73. The van der Waals surface area contributed by atoms with Crippen molar-refractivity contribution in [3.05, 3.63) is 58.0 Å². The normalized spacial score (nSPS) is 12.2. The van der Waals surface area contributed by atoms with Gasteiger partial charge in [0.2, 0.25) is 0 Å². The summed E-state index contributed by atoms with van der Waals surface area (Å²) in [5, 5.41) is 2.95. The van der Waals surface area contributed by atoms with Crippen molar-refractivity contribution in [2.75, 3.05) is 0 Å². The van der Waals surface area contributed by atoms with Gasteiger partial charge in [-0.2, -0.15) is 0 Å². The van der Waals surface area contributed by atoms with Crippen molar-refractivity contribution in [1.29, 1.82) is 0 Å². The minimum absolute atomic E-state index is 0.0672. The fourth-order valence-electron chi connectivity index (χ4n) is 1.80. The summed E-state index contributed by atoms with van der Waals surface area (Å²) in [5.41, 5.74) is 1.63. The Hall–Kier alpha value is -1.55. The molecule has 1 N–H and O–H groups in total. The molecule has 1 amide bonds. The van der Waals surface area contributed by atoms with E-state index in [4.69, 9.17) is 4.42 Å². The van der Waals surface area contributed by atoms with Crippen molar-refractivity contribution >= 4 is 21.8 Å². The number of aryl methyl sites for hydroxylation is 1. The molecule has 0 spiro atoms. The number of hydrogen-bond acceptors (Lipinski definition) is 2. The SMILES string of the molecule is Cc1occc1C(=O)N[C@H](C)c1ccccc1Br. The summed E-state index contributed by atoms with van der Waals surface area (Å²) in [6, 6.07) is 9.45. The van der Waals surface area contributed by atoms with Crippen LogP contribution in [0, 0.1) is 6.92 Å². The first kappa shape index (κ1) is 12.9. The fraction of sp³-hybridized carbons (Fsp3) is 0.214. The Morgan fingerprint density at radius 3 is 2.67 bits per heavy atom. The first-order valence-corrected chi connectivity index (χ1v) is 6.48. The Morgan fingerprint density at radius 1 is 1.33 bits per heavy atom. The zero-order valence-electron chi connectivity index (χ0n) is 10.2. The minimum atomic E-state index is -0.121. The third kappa shape index (κ3) is 2.64. The number of carbonyl (C=O) groups is 1. The van der Waals surface area contributed by atoms with Gasteiger partial charge >= 0.3 is 0 Å². The molecule has 0 bridgehead atoms. The second-order valence-electron chi connectivity index (χ2n) is 4.11. The highest BCUT2D eigenvalue weighted by Gasteiger charge is 2.16. The van der Waals surface area contributed by atoms with Crippen molar-refractivity contribution in [2.45, 2.75) is 19.9 Å². The Kier molecular flexibility index (Phi) is 3.87. The number of rotatable bonds is 3. The van der Waals surface area contributed by atoms with Crippen LogP contribution in [0.25, 0.3) is 0 Å². The first-order chi connectivity index (χ1) is 8.59. The summed E-state index contributed by atoms with van der Waals surface area (Å²) in [4.78, 5) is 12.0. The molecule has 1 atom stereocenters. The molecule has 0 fully saturated rings. The molecule has 94 valence electrons. The van der Waals surface area contributed by atoms with Crippen molar-refractivity contribution in [2.24, 2.45) is 0 Å². The molecule has 0 aliphatic carbocycles. The van der Waals surface area contributed by atoms with E-state index in [2.05, 4.69) is 21.2 Å². The van der Waals surface area contributed by atoms with Crippen LogP contribution in [-0.4, -0.2) is 5.91 Å². The van der Waals surface area contributed by atoms with Gasteiger partial charge in [-0.1, -0.05) is 34.1 Å². The van der Waals surface area contributed by atoms with Gasteiger partial charge in [-0.3, -0.25) is 4.79 Å². The van der Waals surface area contributed by atoms with Crippen LogP contribution in [0.15, 0.2) is 45.5 Å². The van der Waals surface area contributed by atoms with Crippen LogP contribution in [0.5, 0.6) is 0 Å². The van der Waals surface area contributed by atoms with E-state index in [9.17, 15) is 4.79 Å². The Labute approximate surface area is 114 Å². The fourth-order valence-corrected chi connectivity index (χ4v) is 2.43. The van der Waals surface area contributed by atoms with Crippen LogP contribution in [-0.2, 0) is 0 Å². The molecule has 0 saturated carbocycles. The van der Waals surface area contributed by atoms with E-state index >= 15 is 0 Å². The standard InChI is InChI=1S/C14H14BrNO2/c1-9(11-5-3-4-6-13(11)15)16-14(17)12-7-8-18-10(12)2/h3-9H,1-2H3,(H,16,17)/t9-/m1/s1. The van der Waals surface area contributed by atoms with Crippen molar-refractivity contribution in [3.63, 3.8) is 0 Å². The van der Waals surface area contributed by atoms with Gasteiger partial charge < -0.3 is 9.73 Å². The molecule has 3 nitrogen and oxygen atoms in total. The summed E-state index contributed by atoms with van der Waals surface area (Å²) < 4.78 is 6.11. The summed E-state index contributed by atoms with van der Waals surface area (Å²) in [5.74, 6) is 0.510. The molecular weight excluding hydrogens is 294 g/mol. The molecule has 0 aliphatic heterocycles. The van der Waals surface area contributed by atoms with Crippen molar-refractivity contribution < 1.29 is 9.21 Å². The first-order valence-electron chi connectivity index (χ1n) is 5.69. The molecule has 18 heavy (non-hydrogen) atoms. The highest BCUT2D eigenvalue weighted by atomic mass is 79.9. The number of hydrogen-bond donors (Lipinski definition) is 1. The van der Waals surface area contributed by atoms with Crippen LogP contribution in [0.4, 0.5) is 0 Å². The van der Waals surface area contributed by atoms with Crippen LogP contribution in [0.1, 0.15) is 34.6 Å². The second-order valence-corrected chi connectivity index (χ2v) is 4.96. The second kappa shape index (κ2) is 5.40. The van der Waals surface area contributed by atoms with Crippen molar-refractivity contribution in [3.8, 4) is 0 Å². The van der Waals surface area contributed by atoms with Gasteiger partial charge in [0.05, 0.1) is 17.9 Å². The maximum atomic E-state index is 12.0. The zero-order valence-corrected chi connectivity index (χ0v) is 11.8. The van der Waals surface area contributed by atoms with E-state index in [0.29, 0.717) is 11.3 Å². The number of furan rings is 1.